The Labute approximate surface area is 404 Å². The van der Waals surface area contributed by atoms with Gasteiger partial charge in [-0.25, -0.2) is 0 Å². The van der Waals surface area contributed by atoms with Crippen LogP contribution < -0.4 is 4.90 Å². The largest absolute Gasteiger partial charge is 0.456 e. The molecule has 14 rings (SSSR count). The van der Waals surface area contributed by atoms with Crippen molar-refractivity contribution in [1.29, 1.82) is 0 Å². The molecule has 0 bridgehead atoms. The van der Waals surface area contributed by atoms with Gasteiger partial charge < -0.3 is 18.5 Å². The summed E-state index contributed by atoms with van der Waals surface area (Å²) < 4.78 is 10.9. The van der Waals surface area contributed by atoms with Crippen molar-refractivity contribution in [2.75, 3.05) is 4.90 Å². The van der Waals surface area contributed by atoms with Gasteiger partial charge in [0.05, 0.1) is 22.1 Å². The normalized spacial score (nSPS) is 11.7. The smallest absolute Gasteiger partial charge is 0.135 e. The second kappa shape index (κ2) is 16.2. The van der Waals surface area contributed by atoms with Crippen molar-refractivity contribution in [2.45, 2.75) is 0 Å². The first kappa shape index (κ1) is 39.8. The minimum atomic E-state index is 0.900. The van der Waals surface area contributed by atoms with E-state index >= 15 is 0 Å². The number of hydrogen-bond acceptors (Lipinski definition) is 2. The Morgan fingerprint density at radius 2 is 0.614 bits per heavy atom. The molecule has 0 saturated carbocycles. The molecule has 3 aromatic heterocycles. The Hall–Kier alpha value is -9.38. The van der Waals surface area contributed by atoms with Crippen molar-refractivity contribution < 1.29 is 4.42 Å². The first-order valence-electron chi connectivity index (χ1n) is 23.9. The molecule has 0 spiro atoms. The fraction of sp³-hybridized carbons (Fsp3) is 0. The van der Waals surface area contributed by atoms with Crippen LogP contribution in [0.15, 0.2) is 265 Å². The molecule has 70 heavy (non-hydrogen) atoms. The Balaban J connectivity index is 0.827. The average Bonchev–Trinajstić information content (AvgIpc) is 4.09. The predicted octanol–water partition coefficient (Wildman–Crippen LogP) is 18.3. The Morgan fingerprint density at radius 1 is 0.243 bits per heavy atom. The zero-order chi connectivity index (χ0) is 46.1. The van der Waals surface area contributed by atoms with Crippen LogP contribution in [0.4, 0.5) is 17.1 Å². The van der Waals surface area contributed by atoms with E-state index < -0.39 is 0 Å². The second-order valence-corrected chi connectivity index (χ2v) is 18.1. The van der Waals surface area contributed by atoms with Crippen molar-refractivity contribution >= 4 is 82.6 Å². The van der Waals surface area contributed by atoms with Gasteiger partial charge in [0.25, 0.3) is 0 Å². The molecule has 0 aliphatic rings. The number of hydrogen-bond donors (Lipinski definition) is 0. The molecule has 0 amide bonds. The van der Waals surface area contributed by atoms with Crippen LogP contribution in [0.5, 0.6) is 0 Å². The van der Waals surface area contributed by atoms with E-state index in [0.717, 1.165) is 72.6 Å². The molecule has 328 valence electrons. The Kier molecular flexibility index (Phi) is 9.17. The molecule has 0 N–H and O–H groups in total. The molecular weight excluding hydrogens is 851 g/mol. The Bertz CT molecular complexity index is 4200. The molecule has 0 atom stereocenters. The van der Waals surface area contributed by atoms with Gasteiger partial charge in [-0.3, -0.25) is 0 Å². The number of aromatic nitrogens is 2. The third-order valence-corrected chi connectivity index (χ3v) is 14.1. The molecule has 4 heteroatoms. The van der Waals surface area contributed by atoms with Crippen LogP contribution >= 0.6 is 0 Å². The molecule has 0 aliphatic heterocycles. The number of fused-ring (bicyclic) bond motifs is 9. The highest BCUT2D eigenvalue weighted by Crippen LogP contribution is 2.41. The minimum Gasteiger partial charge on any atom is -0.456 e. The maximum absolute atomic E-state index is 6.16. The lowest BCUT2D eigenvalue weighted by Crippen LogP contribution is -2.09. The number of rotatable bonds is 8. The highest BCUT2D eigenvalue weighted by Gasteiger charge is 2.18. The zero-order valence-electron chi connectivity index (χ0n) is 38.1. The van der Waals surface area contributed by atoms with Gasteiger partial charge in [0, 0.05) is 60.8 Å². The lowest BCUT2D eigenvalue weighted by atomic mass is 10.0. The summed E-state index contributed by atoms with van der Waals surface area (Å²) in [4.78, 5) is 2.35. The molecule has 14 aromatic rings. The van der Waals surface area contributed by atoms with Gasteiger partial charge in [-0.15, -0.1) is 0 Å². The fourth-order valence-electron chi connectivity index (χ4n) is 10.8. The van der Waals surface area contributed by atoms with Gasteiger partial charge in [0.2, 0.25) is 0 Å². The van der Waals surface area contributed by atoms with Crippen molar-refractivity contribution in [2.24, 2.45) is 0 Å². The van der Waals surface area contributed by atoms with Gasteiger partial charge in [0.15, 0.2) is 0 Å². The summed E-state index contributed by atoms with van der Waals surface area (Å²) in [7, 11) is 0. The summed E-state index contributed by atoms with van der Waals surface area (Å²) in [5, 5.41) is 7.28. The third-order valence-electron chi connectivity index (χ3n) is 14.1. The van der Waals surface area contributed by atoms with Crippen LogP contribution in [0.3, 0.4) is 0 Å². The molecule has 3 heterocycles. The van der Waals surface area contributed by atoms with Gasteiger partial charge in [-0.05, 0) is 137 Å². The maximum atomic E-state index is 6.16. The van der Waals surface area contributed by atoms with E-state index in [2.05, 4.69) is 263 Å². The fourth-order valence-corrected chi connectivity index (χ4v) is 10.8. The lowest BCUT2D eigenvalue weighted by Gasteiger charge is -2.26. The van der Waals surface area contributed by atoms with Crippen molar-refractivity contribution in [3.63, 3.8) is 0 Å². The van der Waals surface area contributed by atoms with E-state index in [1.807, 2.05) is 12.1 Å². The maximum Gasteiger partial charge on any atom is 0.135 e. The molecular formula is C66H43N3O. The van der Waals surface area contributed by atoms with Gasteiger partial charge in [0.1, 0.15) is 11.2 Å². The first-order chi connectivity index (χ1) is 34.7. The van der Waals surface area contributed by atoms with Gasteiger partial charge in [-0.1, -0.05) is 158 Å². The van der Waals surface area contributed by atoms with Crippen LogP contribution in [0.25, 0.3) is 110 Å². The van der Waals surface area contributed by atoms with E-state index in [1.54, 1.807) is 0 Å². The van der Waals surface area contributed by atoms with E-state index in [4.69, 9.17) is 4.42 Å². The van der Waals surface area contributed by atoms with Crippen molar-refractivity contribution in [3.8, 4) is 44.8 Å². The van der Waals surface area contributed by atoms with Crippen molar-refractivity contribution in [3.05, 3.63) is 261 Å². The molecule has 0 unspecified atom stereocenters. The lowest BCUT2D eigenvalue weighted by molar-refractivity contribution is 0.669. The van der Waals surface area contributed by atoms with Crippen LogP contribution in [0, 0.1) is 0 Å². The molecule has 0 radical (unpaired) electrons. The number of benzene rings is 11. The third kappa shape index (κ3) is 6.53. The topological polar surface area (TPSA) is 26.2 Å². The summed E-state index contributed by atoms with van der Waals surface area (Å²) in [5.41, 5.74) is 19.1. The van der Waals surface area contributed by atoms with E-state index in [1.165, 1.54) is 54.7 Å². The molecule has 4 nitrogen and oxygen atoms in total. The number of nitrogens with zero attached hydrogens (tertiary/aromatic N) is 3. The Morgan fingerprint density at radius 3 is 1.17 bits per heavy atom. The molecule has 0 fully saturated rings. The summed E-state index contributed by atoms with van der Waals surface area (Å²) in [6.45, 7) is 0. The number of para-hydroxylation sites is 5. The standard InChI is InChI=1S/C66H43N3O/c1-2-12-50(13-3-1)69-63-20-10-6-16-57(63)58-40-30-49(43-64(58)69)47-28-36-53(37-29-47)67(52-34-26-46(27-35-52)48-31-41-66-60(42-48)59-17-7-11-21-65(59)70-66)51-32-22-44(23-33-51)45-24-38-54(39-25-45)68-61-18-8-4-14-55(61)56-15-5-9-19-62(56)68/h1-43H. The predicted molar refractivity (Wildman–Crippen MR) is 293 cm³/mol. The van der Waals surface area contributed by atoms with Gasteiger partial charge >= 0.3 is 0 Å². The van der Waals surface area contributed by atoms with E-state index in [0.29, 0.717) is 0 Å². The molecule has 11 aromatic carbocycles. The quantitative estimate of drug-likeness (QED) is 0.152. The van der Waals surface area contributed by atoms with Crippen molar-refractivity contribution in [1.82, 2.24) is 9.13 Å². The zero-order valence-corrected chi connectivity index (χ0v) is 38.1. The van der Waals surface area contributed by atoms with Crippen LogP contribution in [-0.4, -0.2) is 9.13 Å². The van der Waals surface area contributed by atoms with E-state index in [9.17, 15) is 0 Å². The van der Waals surface area contributed by atoms with Gasteiger partial charge in [-0.2, -0.15) is 0 Å². The average molecular weight is 894 g/mol. The SMILES string of the molecule is c1ccc(-n2c3ccccc3c3ccc(-c4ccc(N(c5ccc(-c6ccc(-n7c8ccccc8c8ccccc87)cc6)cc5)c5ccc(-c6ccc7oc8ccccc8c7c6)cc5)cc4)cc32)cc1. The summed E-state index contributed by atoms with van der Waals surface area (Å²) in [5.74, 6) is 0. The first-order valence-corrected chi connectivity index (χ1v) is 23.9. The summed E-state index contributed by atoms with van der Waals surface area (Å²) in [6, 6.07) is 94.2. The highest BCUT2D eigenvalue weighted by molar-refractivity contribution is 6.11. The van der Waals surface area contributed by atoms with Crippen LogP contribution in [-0.2, 0) is 0 Å². The minimum absolute atomic E-state index is 0.900. The number of anilines is 3. The second-order valence-electron chi connectivity index (χ2n) is 18.1. The van der Waals surface area contributed by atoms with Crippen LogP contribution in [0.2, 0.25) is 0 Å². The molecule has 0 aliphatic carbocycles. The molecule has 0 saturated heterocycles. The summed E-state index contributed by atoms with van der Waals surface area (Å²) >= 11 is 0. The highest BCUT2D eigenvalue weighted by atomic mass is 16.3. The van der Waals surface area contributed by atoms with Crippen LogP contribution in [0.1, 0.15) is 0 Å². The monoisotopic (exact) mass is 893 g/mol. The summed E-state index contributed by atoms with van der Waals surface area (Å²) in [6.07, 6.45) is 0. The number of furan rings is 1. The van der Waals surface area contributed by atoms with E-state index in [-0.39, 0.29) is 0 Å².